The Morgan fingerprint density at radius 2 is 1.60 bits per heavy atom. The fourth-order valence-corrected chi connectivity index (χ4v) is 6.80. The van der Waals surface area contributed by atoms with Gasteiger partial charge in [0.2, 0.25) is 5.88 Å². The van der Waals surface area contributed by atoms with Gasteiger partial charge in [-0.05, 0) is 65.9 Å². The number of carbonyl (C=O) groups excluding carboxylic acids is 3. The minimum absolute atomic E-state index is 0.0385. The molecule has 0 spiro atoms. The molecular formula is C37H50N6O7. The van der Waals surface area contributed by atoms with Crippen LogP contribution in [0.1, 0.15) is 85.3 Å². The zero-order valence-corrected chi connectivity index (χ0v) is 30.4. The van der Waals surface area contributed by atoms with Crippen molar-refractivity contribution in [1.82, 2.24) is 24.4 Å². The summed E-state index contributed by atoms with van der Waals surface area (Å²) in [5.74, 6) is 0.983. The number of piperidine rings is 2. The minimum atomic E-state index is -0.749. The number of hydrogen-bond acceptors (Lipinski definition) is 9. The highest BCUT2D eigenvalue weighted by atomic mass is 16.6. The van der Waals surface area contributed by atoms with Crippen LogP contribution in [0.15, 0.2) is 42.6 Å². The number of nitrogens with zero attached hydrogens (tertiary/aromatic N) is 6. The van der Waals surface area contributed by atoms with Gasteiger partial charge in [-0.25, -0.2) is 14.4 Å². The van der Waals surface area contributed by atoms with E-state index >= 15 is 0 Å². The third-order valence-corrected chi connectivity index (χ3v) is 9.14. The minimum Gasteiger partial charge on any atom is -0.472 e. The molecular weight excluding hydrogens is 640 g/mol. The number of hydrogen-bond donors (Lipinski definition) is 0. The number of benzene rings is 1. The topological polar surface area (TPSA) is 128 Å². The first-order valence-electron chi connectivity index (χ1n) is 17.6. The maximum Gasteiger partial charge on any atom is 0.416 e. The van der Waals surface area contributed by atoms with Crippen molar-refractivity contribution >= 4 is 29.7 Å². The number of amides is 3. The molecule has 3 fully saturated rings. The molecule has 13 nitrogen and oxygen atoms in total. The van der Waals surface area contributed by atoms with Gasteiger partial charge in [0.05, 0.1) is 18.8 Å². The third kappa shape index (κ3) is 7.92. The summed E-state index contributed by atoms with van der Waals surface area (Å²) in [4.78, 5) is 49.9. The molecule has 0 N–H and O–H groups in total. The van der Waals surface area contributed by atoms with E-state index in [-0.39, 0.29) is 48.7 Å². The Morgan fingerprint density at radius 1 is 0.920 bits per heavy atom. The van der Waals surface area contributed by atoms with Crippen molar-refractivity contribution in [3.05, 3.63) is 53.7 Å². The van der Waals surface area contributed by atoms with Crippen molar-refractivity contribution in [2.75, 3.05) is 31.1 Å². The highest BCUT2D eigenvalue weighted by Gasteiger charge is 2.62. The first-order chi connectivity index (χ1) is 23.6. The Bertz CT molecular complexity index is 1700. The molecule has 13 heteroatoms. The highest BCUT2D eigenvalue weighted by Crippen LogP contribution is 2.51. The van der Waals surface area contributed by atoms with Crippen LogP contribution in [0, 0.1) is 11.8 Å². The van der Waals surface area contributed by atoms with Crippen LogP contribution < -0.4 is 9.64 Å². The van der Waals surface area contributed by atoms with E-state index in [9.17, 15) is 14.4 Å². The Balaban J connectivity index is 1.26. The molecule has 3 amide bonds. The van der Waals surface area contributed by atoms with Crippen LogP contribution >= 0.6 is 0 Å². The van der Waals surface area contributed by atoms with Gasteiger partial charge in [0, 0.05) is 43.1 Å². The number of carbonyl (C=O) groups is 3. The summed E-state index contributed by atoms with van der Waals surface area (Å²) in [5.41, 5.74) is 1.06. The van der Waals surface area contributed by atoms with E-state index in [1.165, 1.54) is 0 Å². The van der Waals surface area contributed by atoms with Gasteiger partial charge in [0.15, 0.2) is 5.65 Å². The van der Waals surface area contributed by atoms with Crippen LogP contribution in [0.25, 0.3) is 5.65 Å². The maximum absolute atomic E-state index is 14.1. The molecule has 0 radical (unpaired) electrons. The fraction of sp³-hybridized carbons (Fsp3) is 0.595. The summed E-state index contributed by atoms with van der Waals surface area (Å²) in [6, 6.07) is 11.1. The fourth-order valence-electron chi connectivity index (χ4n) is 6.80. The van der Waals surface area contributed by atoms with Crippen LogP contribution in [-0.2, 0) is 20.8 Å². The van der Waals surface area contributed by atoms with Crippen LogP contribution in [0.4, 0.5) is 20.2 Å². The molecule has 2 aliphatic heterocycles. The van der Waals surface area contributed by atoms with Crippen molar-refractivity contribution < 1.29 is 33.3 Å². The Hall–Kier alpha value is -4.55. The largest absolute Gasteiger partial charge is 0.472 e. The van der Waals surface area contributed by atoms with Gasteiger partial charge in [-0.15, -0.1) is 0 Å². The highest BCUT2D eigenvalue weighted by molar-refractivity contribution is 5.89. The molecule has 0 bridgehead atoms. The van der Waals surface area contributed by atoms with E-state index in [1.807, 2.05) is 71.9 Å². The van der Waals surface area contributed by atoms with Crippen molar-refractivity contribution in [1.29, 1.82) is 0 Å². The van der Waals surface area contributed by atoms with Crippen molar-refractivity contribution in [2.24, 2.45) is 11.8 Å². The van der Waals surface area contributed by atoms with Crippen molar-refractivity contribution in [3.8, 4) is 5.88 Å². The molecule has 50 heavy (non-hydrogen) atoms. The van der Waals surface area contributed by atoms with Gasteiger partial charge in [-0.2, -0.15) is 14.6 Å². The first kappa shape index (κ1) is 35.3. The maximum atomic E-state index is 14.1. The SMILES string of the molecule is CC(C)c1cnn2c(N(C(=O)OC(C)(C)C)C3C4CN(C(=O)OC(C)(C)C)CC43)cc(O[C@@H]3CCCN(C(=O)OCc4ccccc4)C3)nc12. The monoisotopic (exact) mass is 690 g/mol. The lowest BCUT2D eigenvalue weighted by atomic mass is 10.1. The van der Waals surface area contributed by atoms with Crippen LogP contribution in [-0.4, -0.2) is 92.2 Å². The smallest absolute Gasteiger partial charge is 0.416 e. The van der Waals surface area contributed by atoms with E-state index in [0.29, 0.717) is 43.5 Å². The first-order valence-corrected chi connectivity index (χ1v) is 17.6. The second-order valence-electron chi connectivity index (χ2n) is 15.9. The molecule has 270 valence electrons. The second-order valence-corrected chi connectivity index (χ2v) is 15.9. The number of ether oxygens (including phenoxy) is 4. The number of rotatable bonds is 7. The summed E-state index contributed by atoms with van der Waals surface area (Å²) >= 11 is 0. The molecule has 2 unspecified atom stereocenters. The number of anilines is 1. The predicted molar refractivity (Wildman–Crippen MR) is 186 cm³/mol. The third-order valence-electron chi connectivity index (χ3n) is 9.14. The lowest BCUT2D eigenvalue weighted by Crippen LogP contribution is -2.45. The molecule has 2 saturated heterocycles. The molecule has 1 saturated carbocycles. The predicted octanol–water partition coefficient (Wildman–Crippen LogP) is 6.64. The van der Waals surface area contributed by atoms with E-state index in [1.54, 1.807) is 31.5 Å². The van der Waals surface area contributed by atoms with Gasteiger partial charge in [-0.3, -0.25) is 4.90 Å². The number of aromatic nitrogens is 3. The van der Waals surface area contributed by atoms with Gasteiger partial charge in [-0.1, -0.05) is 44.2 Å². The van der Waals surface area contributed by atoms with E-state index in [4.69, 9.17) is 29.0 Å². The Kier molecular flexibility index (Phi) is 9.62. The molecule has 1 aliphatic carbocycles. The average molecular weight is 691 g/mol. The lowest BCUT2D eigenvalue weighted by molar-refractivity contribution is 0.0270. The zero-order valence-electron chi connectivity index (χ0n) is 30.4. The van der Waals surface area contributed by atoms with Crippen molar-refractivity contribution in [3.63, 3.8) is 0 Å². The van der Waals surface area contributed by atoms with Crippen LogP contribution in [0.3, 0.4) is 0 Å². The van der Waals surface area contributed by atoms with Gasteiger partial charge >= 0.3 is 18.3 Å². The van der Waals surface area contributed by atoms with E-state index in [0.717, 1.165) is 24.0 Å². The molecule has 1 aromatic carbocycles. The van der Waals surface area contributed by atoms with Crippen LogP contribution in [0.5, 0.6) is 5.88 Å². The van der Waals surface area contributed by atoms with Gasteiger partial charge in [0.1, 0.15) is 29.7 Å². The van der Waals surface area contributed by atoms with E-state index in [2.05, 4.69) is 13.8 Å². The molecule has 3 aliphatic rings. The quantitative estimate of drug-likeness (QED) is 0.251. The van der Waals surface area contributed by atoms with E-state index < -0.39 is 17.3 Å². The van der Waals surface area contributed by atoms with Gasteiger partial charge in [0.25, 0.3) is 0 Å². The molecule has 3 aromatic rings. The number of likely N-dealkylation sites (tertiary alicyclic amines) is 2. The van der Waals surface area contributed by atoms with Crippen LogP contribution in [0.2, 0.25) is 0 Å². The summed E-state index contributed by atoms with van der Waals surface area (Å²) in [6.45, 7) is 17.2. The Labute approximate surface area is 293 Å². The van der Waals surface area contributed by atoms with Crippen molar-refractivity contribution in [2.45, 2.75) is 104 Å². The summed E-state index contributed by atoms with van der Waals surface area (Å²) in [7, 11) is 0. The lowest BCUT2D eigenvalue weighted by Gasteiger charge is -2.33. The molecule has 6 rings (SSSR count). The second kappa shape index (κ2) is 13.6. The zero-order chi connectivity index (χ0) is 36.0. The Morgan fingerprint density at radius 3 is 2.24 bits per heavy atom. The van der Waals surface area contributed by atoms with Gasteiger partial charge < -0.3 is 28.7 Å². The molecule has 3 atom stereocenters. The average Bonchev–Trinajstić information content (AvgIpc) is 3.34. The normalized spacial score (nSPS) is 21.9. The number of fused-ring (bicyclic) bond motifs is 2. The summed E-state index contributed by atoms with van der Waals surface area (Å²) in [5, 5.41) is 4.69. The standard InChI is InChI=1S/C37H50N6O7/c1-23(2)26-18-38-43-30(42(35(46)50-37(6,7)8)31-27-20-41(21-28(27)31)34(45)49-36(3,4)5)17-29(39-32(26)43)48-25-15-12-16-40(19-25)33(44)47-22-24-13-10-9-11-14-24/h9-11,13-14,17-18,23,25,27-28,31H,12,15-16,19-22H2,1-8H3/t25-,27?,28?,31?/m1/s1. The molecule has 4 heterocycles. The molecule has 2 aromatic heterocycles. The summed E-state index contributed by atoms with van der Waals surface area (Å²) in [6.07, 6.45) is 1.66. The summed E-state index contributed by atoms with van der Waals surface area (Å²) < 4.78 is 25.4.